The lowest BCUT2D eigenvalue weighted by atomic mass is 10.1. The molecule has 0 bridgehead atoms. The van der Waals surface area contributed by atoms with E-state index in [1.165, 1.54) is 10.4 Å². The van der Waals surface area contributed by atoms with Gasteiger partial charge in [-0.15, -0.1) is 11.3 Å². The van der Waals surface area contributed by atoms with Crippen LogP contribution in [0.3, 0.4) is 0 Å². The van der Waals surface area contributed by atoms with Crippen molar-refractivity contribution in [3.8, 4) is 0 Å². The van der Waals surface area contributed by atoms with Crippen molar-refractivity contribution in [3.63, 3.8) is 0 Å². The summed E-state index contributed by atoms with van der Waals surface area (Å²) in [6.07, 6.45) is 3.26. The molecule has 0 saturated carbocycles. The minimum atomic E-state index is 0.0434. The zero-order valence-corrected chi connectivity index (χ0v) is 9.28. The van der Waals surface area contributed by atoms with Crippen molar-refractivity contribution < 1.29 is 4.79 Å². The molecule has 0 aromatic carbocycles. The van der Waals surface area contributed by atoms with E-state index in [2.05, 4.69) is 0 Å². The first kappa shape index (κ1) is 9.52. The molecule has 14 heavy (non-hydrogen) atoms. The molecule has 0 unspecified atom stereocenters. The van der Waals surface area contributed by atoms with Crippen LogP contribution in [-0.2, 0) is 12.8 Å². The van der Waals surface area contributed by atoms with Crippen LogP contribution in [0.15, 0.2) is 0 Å². The lowest BCUT2D eigenvalue weighted by Crippen LogP contribution is -2.23. The molecule has 2 rings (SSSR count). The van der Waals surface area contributed by atoms with Crippen molar-refractivity contribution in [2.75, 3.05) is 19.8 Å². The van der Waals surface area contributed by atoms with Crippen LogP contribution in [0.1, 0.15) is 27.2 Å². The van der Waals surface area contributed by atoms with Gasteiger partial charge in [-0.1, -0.05) is 0 Å². The number of carbonyl (C=O) groups excluding carboxylic acids is 1. The highest BCUT2D eigenvalue weighted by Gasteiger charge is 2.25. The molecular weight excluding hydrogens is 196 g/mol. The highest BCUT2D eigenvalue weighted by molar-refractivity contribution is 7.16. The number of carbonyl (C=O) groups is 1. The molecule has 0 atom stereocenters. The predicted octanol–water partition coefficient (Wildman–Crippen LogP) is 1.52. The predicted molar refractivity (Wildman–Crippen MR) is 58.8 cm³/mol. The van der Waals surface area contributed by atoms with E-state index in [1.807, 2.05) is 0 Å². The maximum absolute atomic E-state index is 11.8. The molecule has 1 aromatic rings. The molecule has 76 valence electrons. The Balaban J connectivity index is 2.47. The number of nitrogens with zero attached hydrogens (tertiary/aromatic N) is 1. The molecule has 3 nitrogen and oxygen atoms in total. The van der Waals surface area contributed by atoms with Crippen LogP contribution < -0.4 is 5.73 Å². The summed E-state index contributed by atoms with van der Waals surface area (Å²) >= 11 is 1.58. The van der Waals surface area contributed by atoms with E-state index < -0.39 is 0 Å². The van der Waals surface area contributed by atoms with E-state index >= 15 is 0 Å². The Morgan fingerprint density at radius 3 is 2.79 bits per heavy atom. The minimum absolute atomic E-state index is 0.0434. The second kappa shape index (κ2) is 3.28. The number of hydrogen-bond donors (Lipinski definition) is 1. The van der Waals surface area contributed by atoms with Gasteiger partial charge < -0.3 is 10.6 Å². The fourth-order valence-electron chi connectivity index (χ4n) is 1.88. The first-order valence-electron chi connectivity index (χ1n) is 4.73. The Morgan fingerprint density at radius 2 is 2.14 bits per heavy atom. The molecule has 2 N–H and O–H groups in total. The first-order valence-corrected chi connectivity index (χ1v) is 5.54. The van der Waals surface area contributed by atoms with Crippen molar-refractivity contribution >= 4 is 22.2 Å². The van der Waals surface area contributed by atoms with Gasteiger partial charge in [0.15, 0.2) is 0 Å². The van der Waals surface area contributed by atoms with E-state index in [1.54, 1.807) is 30.3 Å². The Morgan fingerprint density at radius 1 is 1.43 bits per heavy atom. The average molecular weight is 210 g/mol. The molecule has 0 saturated heterocycles. The van der Waals surface area contributed by atoms with Gasteiger partial charge in [-0.3, -0.25) is 4.79 Å². The highest BCUT2D eigenvalue weighted by Crippen LogP contribution is 2.37. The van der Waals surface area contributed by atoms with Crippen molar-refractivity contribution in [1.82, 2.24) is 4.90 Å². The van der Waals surface area contributed by atoms with Crippen LogP contribution in [0.4, 0.5) is 5.00 Å². The molecule has 1 aliphatic carbocycles. The zero-order valence-electron chi connectivity index (χ0n) is 8.46. The summed E-state index contributed by atoms with van der Waals surface area (Å²) < 4.78 is 0. The topological polar surface area (TPSA) is 46.3 Å². The summed E-state index contributed by atoms with van der Waals surface area (Å²) in [5, 5.41) is 0.688. The second-order valence-electron chi connectivity index (χ2n) is 3.80. The first-order chi connectivity index (χ1) is 6.61. The maximum atomic E-state index is 11.8. The molecule has 1 aromatic heterocycles. The number of aryl methyl sites for hydroxylation is 1. The lowest BCUT2D eigenvalue weighted by molar-refractivity contribution is 0.0828. The Kier molecular flexibility index (Phi) is 2.23. The Hall–Kier alpha value is -1.03. The van der Waals surface area contributed by atoms with Crippen molar-refractivity contribution in [2.45, 2.75) is 19.3 Å². The number of nitrogen functional groups attached to an aromatic ring is 1. The monoisotopic (exact) mass is 210 g/mol. The summed E-state index contributed by atoms with van der Waals surface area (Å²) in [7, 11) is 3.53. The number of nitrogens with two attached hydrogens (primary N) is 1. The average Bonchev–Trinajstić information content (AvgIpc) is 2.62. The van der Waals surface area contributed by atoms with Gasteiger partial charge in [0, 0.05) is 19.0 Å². The molecule has 1 aliphatic rings. The van der Waals surface area contributed by atoms with Crippen molar-refractivity contribution in [1.29, 1.82) is 0 Å². The van der Waals surface area contributed by atoms with Crippen LogP contribution in [-0.4, -0.2) is 24.9 Å². The highest BCUT2D eigenvalue weighted by atomic mass is 32.1. The number of hydrogen-bond acceptors (Lipinski definition) is 3. The number of rotatable bonds is 1. The normalized spacial score (nSPS) is 14.1. The van der Waals surface area contributed by atoms with Gasteiger partial charge in [-0.25, -0.2) is 0 Å². The SMILES string of the molecule is CN(C)C(=O)c1c(N)sc2c1CCC2. The smallest absolute Gasteiger partial charge is 0.256 e. The quantitative estimate of drug-likeness (QED) is 0.764. The molecule has 4 heteroatoms. The summed E-state index contributed by atoms with van der Waals surface area (Å²) in [6, 6.07) is 0. The summed E-state index contributed by atoms with van der Waals surface area (Å²) in [4.78, 5) is 14.7. The molecule has 1 amide bonds. The molecular formula is C10H14N2OS. The molecule has 0 aliphatic heterocycles. The summed E-state index contributed by atoms with van der Waals surface area (Å²) in [6.45, 7) is 0. The van der Waals surface area contributed by atoms with E-state index in [-0.39, 0.29) is 5.91 Å². The van der Waals surface area contributed by atoms with Crippen LogP contribution in [0.2, 0.25) is 0 Å². The van der Waals surface area contributed by atoms with Crippen LogP contribution in [0.25, 0.3) is 0 Å². The number of amides is 1. The third-order valence-corrected chi connectivity index (χ3v) is 3.69. The van der Waals surface area contributed by atoms with Crippen LogP contribution >= 0.6 is 11.3 Å². The van der Waals surface area contributed by atoms with Gasteiger partial charge in [-0.05, 0) is 24.8 Å². The van der Waals surface area contributed by atoms with E-state index in [0.717, 1.165) is 24.8 Å². The fourth-order valence-corrected chi connectivity index (χ4v) is 3.04. The third-order valence-electron chi connectivity index (χ3n) is 2.57. The second-order valence-corrected chi connectivity index (χ2v) is 4.93. The van der Waals surface area contributed by atoms with Crippen LogP contribution in [0, 0.1) is 0 Å². The lowest BCUT2D eigenvalue weighted by Gasteiger charge is -2.10. The molecule has 0 fully saturated rings. The van der Waals surface area contributed by atoms with Gasteiger partial charge in [0.25, 0.3) is 5.91 Å². The third kappa shape index (κ3) is 1.30. The molecule has 1 heterocycles. The van der Waals surface area contributed by atoms with E-state index in [9.17, 15) is 4.79 Å². The van der Waals surface area contributed by atoms with Gasteiger partial charge in [-0.2, -0.15) is 0 Å². The number of fused-ring (bicyclic) bond motifs is 1. The standard InChI is InChI=1S/C10H14N2OS/c1-12(2)10(13)8-6-4-3-5-7(6)14-9(8)11/h3-5,11H2,1-2H3. The Bertz CT molecular complexity index is 382. The van der Waals surface area contributed by atoms with Gasteiger partial charge in [0.1, 0.15) is 0 Å². The van der Waals surface area contributed by atoms with Crippen molar-refractivity contribution in [3.05, 3.63) is 16.0 Å². The van der Waals surface area contributed by atoms with E-state index in [4.69, 9.17) is 5.73 Å². The van der Waals surface area contributed by atoms with Crippen molar-refractivity contribution in [2.24, 2.45) is 0 Å². The number of anilines is 1. The summed E-state index contributed by atoms with van der Waals surface area (Å²) in [5.74, 6) is 0.0434. The fraction of sp³-hybridized carbons (Fsp3) is 0.500. The maximum Gasteiger partial charge on any atom is 0.256 e. The molecule has 0 spiro atoms. The van der Waals surface area contributed by atoms with E-state index in [0.29, 0.717) is 5.00 Å². The summed E-state index contributed by atoms with van der Waals surface area (Å²) in [5.41, 5.74) is 7.82. The van der Waals surface area contributed by atoms with Gasteiger partial charge >= 0.3 is 0 Å². The van der Waals surface area contributed by atoms with Crippen LogP contribution in [0.5, 0.6) is 0 Å². The number of thiophene rings is 1. The zero-order chi connectivity index (χ0) is 10.3. The van der Waals surface area contributed by atoms with Gasteiger partial charge in [0.05, 0.1) is 10.6 Å². The Labute approximate surface area is 87.5 Å². The van der Waals surface area contributed by atoms with Gasteiger partial charge in [0.2, 0.25) is 0 Å². The largest absolute Gasteiger partial charge is 0.390 e. The minimum Gasteiger partial charge on any atom is -0.390 e. The molecule has 0 radical (unpaired) electrons.